The van der Waals surface area contributed by atoms with Crippen molar-refractivity contribution in [3.05, 3.63) is 34.2 Å². The molecule has 0 atom stereocenters. The molecule has 2 N–H and O–H groups in total. The Morgan fingerprint density at radius 2 is 1.71 bits per heavy atom. The molecule has 0 fully saturated rings. The summed E-state index contributed by atoms with van der Waals surface area (Å²) in [5.41, 5.74) is 10.7. The molecule has 0 unspecified atom stereocenters. The maximum Gasteiger partial charge on any atom is 0.122 e. The number of nitrogens with two attached hydrogens (primary N) is 1. The minimum Gasteiger partial charge on any atom is -0.496 e. The number of thiophene rings is 1. The predicted octanol–water partition coefficient (Wildman–Crippen LogP) is 3.93. The monoisotopic (exact) mass is 247 g/mol. The number of hydrogen-bond acceptors (Lipinski definition) is 3. The second-order valence-corrected chi connectivity index (χ2v) is 5.54. The van der Waals surface area contributed by atoms with E-state index in [0.29, 0.717) is 0 Å². The summed E-state index contributed by atoms with van der Waals surface area (Å²) in [7, 11) is 1.70. The number of methoxy groups -OCH3 is 1. The molecule has 1 aromatic heterocycles. The van der Waals surface area contributed by atoms with Gasteiger partial charge in [0.15, 0.2) is 0 Å². The summed E-state index contributed by atoms with van der Waals surface area (Å²) in [5, 5.41) is 0.866. The highest BCUT2D eigenvalue weighted by Gasteiger charge is 2.11. The van der Waals surface area contributed by atoms with E-state index in [0.717, 1.165) is 16.3 Å². The van der Waals surface area contributed by atoms with E-state index in [-0.39, 0.29) is 0 Å². The fourth-order valence-electron chi connectivity index (χ4n) is 2.07. The van der Waals surface area contributed by atoms with Crippen LogP contribution >= 0.6 is 11.3 Å². The molecule has 1 aromatic carbocycles. The Bertz CT molecular complexity index is 558. The van der Waals surface area contributed by atoms with E-state index in [2.05, 4.69) is 32.9 Å². The summed E-state index contributed by atoms with van der Waals surface area (Å²) in [5.74, 6) is 0.937. The van der Waals surface area contributed by atoms with E-state index in [1.54, 1.807) is 18.4 Å². The van der Waals surface area contributed by atoms with Gasteiger partial charge in [-0.1, -0.05) is 0 Å². The van der Waals surface area contributed by atoms with E-state index >= 15 is 0 Å². The van der Waals surface area contributed by atoms with Crippen molar-refractivity contribution in [2.24, 2.45) is 0 Å². The fraction of sp³-hybridized carbons (Fsp3) is 0.286. The van der Waals surface area contributed by atoms with E-state index in [9.17, 15) is 0 Å². The quantitative estimate of drug-likeness (QED) is 0.872. The van der Waals surface area contributed by atoms with Gasteiger partial charge in [0.1, 0.15) is 5.75 Å². The molecule has 3 heteroatoms. The zero-order valence-electron chi connectivity index (χ0n) is 10.6. The van der Waals surface area contributed by atoms with E-state index in [1.165, 1.54) is 21.6 Å². The number of anilines is 1. The van der Waals surface area contributed by atoms with Crippen molar-refractivity contribution in [3.8, 4) is 16.9 Å². The lowest BCUT2D eigenvalue weighted by atomic mass is 9.98. The molecule has 0 aliphatic rings. The average molecular weight is 247 g/mol. The first-order valence-corrected chi connectivity index (χ1v) is 6.36. The van der Waals surface area contributed by atoms with Crippen molar-refractivity contribution in [1.29, 1.82) is 0 Å². The maximum atomic E-state index is 5.85. The molecule has 0 aliphatic heterocycles. The van der Waals surface area contributed by atoms with Gasteiger partial charge in [0.05, 0.1) is 12.1 Å². The Labute approximate surface area is 106 Å². The van der Waals surface area contributed by atoms with E-state index in [4.69, 9.17) is 10.5 Å². The first-order valence-electron chi connectivity index (χ1n) is 5.54. The number of aryl methyl sites for hydroxylation is 3. The van der Waals surface area contributed by atoms with Crippen LogP contribution in [0.15, 0.2) is 18.2 Å². The second kappa shape index (κ2) is 4.41. The molecule has 0 saturated carbocycles. The molecular formula is C14H17NOS. The summed E-state index contributed by atoms with van der Waals surface area (Å²) in [4.78, 5) is 1.26. The molecule has 0 spiro atoms. The number of hydrogen-bond donors (Lipinski definition) is 1. The summed E-state index contributed by atoms with van der Waals surface area (Å²) < 4.78 is 5.33. The van der Waals surface area contributed by atoms with Crippen LogP contribution in [0.3, 0.4) is 0 Å². The number of benzene rings is 1. The molecule has 2 rings (SSSR count). The minimum atomic E-state index is 0.866. The van der Waals surface area contributed by atoms with Gasteiger partial charge in [-0.25, -0.2) is 0 Å². The van der Waals surface area contributed by atoms with Crippen LogP contribution in [0.25, 0.3) is 11.1 Å². The Morgan fingerprint density at radius 3 is 2.24 bits per heavy atom. The molecule has 0 saturated heterocycles. The van der Waals surface area contributed by atoms with Gasteiger partial charge in [-0.05, 0) is 61.2 Å². The van der Waals surface area contributed by atoms with Crippen molar-refractivity contribution in [3.63, 3.8) is 0 Å². The first-order chi connectivity index (χ1) is 8.02. The van der Waals surface area contributed by atoms with Crippen LogP contribution in [-0.2, 0) is 0 Å². The zero-order chi connectivity index (χ0) is 12.6. The second-order valence-electron chi connectivity index (χ2n) is 4.26. The summed E-state index contributed by atoms with van der Waals surface area (Å²) in [6.45, 7) is 6.27. The largest absolute Gasteiger partial charge is 0.496 e. The molecule has 1 heterocycles. The molecule has 0 amide bonds. The normalized spacial score (nSPS) is 10.6. The van der Waals surface area contributed by atoms with Crippen LogP contribution in [0.5, 0.6) is 5.75 Å². The third kappa shape index (κ3) is 2.15. The highest BCUT2D eigenvalue weighted by molar-refractivity contribution is 7.16. The highest BCUT2D eigenvalue weighted by Crippen LogP contribution is 2.36. The Balaban J connectivity index is 2.60. The lowest BCUT2D eigenvalue weighted by molar-refractivity contribution is 0.411. The molecule has 2 nitrogen and oxygen atoms in total. The Hall–Kier alpha value is -1.48. The van der Waals surface area contributed by atoms with Crippen LogP contribution < -0.4 is 10.5 Å². The Kier molecular flexibility index (Phi) is 3.11. The Morgan fingerprint density at radius 1 is 1.00 bits per heavy atom. The first kappa shape index (κ1) is 12.0. The zero-order valence-corrected chi connectivity index (χ0v) is 11.4. The van der Waals surface area contributed by atoms with Gasteiger partial charge in [-0.15, -0.1) is 11.3 Å². The molecular weight excluding hydrogens is 230 g/mol. The molecule has 17 heavy (non-hydrogen) atoms. The molecule has 90 valence electrons. The summed E-state index contributed by atoms with van der Waals surface area (Å²) in [6.07, 6.45) is 0. The van der Waals surface area contributed by atoms with Crippen LogP contribution in [0.1, 0.15) is 16.0 Å². The van der Waals surface area contributed by atoms with Gasteiger partial charge >= 0.3 is 0 Å². The van der Waals surface area contributed by atoms with E-state index < -0.39 is 0 Å². The lowest BCUT2D eigenvalue weighted by Gasteiger charge is -2.11. The summed E-state index contributed by atoms with van der Waals surface area (Å²) >= 11 is 1.64. The topological polar surface area (TPSA) is 35.2 Å². The van der Waals surface area contributed by atoms with Gasteiger partial charge in [-0.2, -0.15) is 0 Å². The van der Waals surface area contributed by atoms with Gasteiger partial charge in [0, 0.05) is 4.88 Å². The van der Waals surface area contributed by atoms with Crippen molar-refractivity contribution >= 4 is 16.3 Å². The molecule has 0 bridgehead atoms. The number of nitrogen functional groups attached to an aromatic ring is 1. The standard InChI is InChI=1S/C14H17NOS/c1-8-6-13(16-4)9(2)5-11(8)12-7-14(15)17-10(12)3/h5-7H,15H2,1-4H3. The van der Waals surface area contributed by atoms with Crippen LogP contribution in [0, 0.1) is 20.8 Å². The van der Waals surface area contributed by atoms with Gasteiger partial charge in [-0.3, -0.25) is 0 Å². The summed E-state index contributed by atoms with van der Waals surface area (Å²) in [6, 6.07) is 6.30. The van der Waals surface area contributed by atoms with Crippen molar-refractivity contribution in [2.45, 2.75) is 20.8 Å². The van der Waals surface area contributed by atoms with Crippen molar-refractivity contribution < 1.29 is 4.74 Å². The average Bonchev–Trinajstić information content (AvgIpc) is 2.60. The van der Waals surface area contributed by atoms with Crippen molar-refractivity contribution in [2.75, 3.05) is 12.8 Å². The number of rotatable bonds is 2. The highest BCUT2D eigenvalue weighted by atomic mass is 32.1. The van der Waals surface area contributed by atoms with Gasteiger partial charge < -0.3 is 10.5 Å². The van der Waals surface area contributed by atoms with Crippen LogP contribution in [0.4, 0.5) is 5.00 Å². The van der Waals surface area contributed by atoms with Crippen LogP contribution in [-0.4, -0.2) is 7.11 Å². The molecule has 2 aromatic rings. The third-order valence-electron chi connectivity index (χ3n) is 2.97. The van der Waals surface area contributed by atoms with E-state index in [1.807, 2.05) is 6.07 Å². The fourth-order valence-corrected chi connectivity index (χ4v) is 2.88. The maximum absolute atomic E-state index is 5.85. The molecule has 0 aliphatic carbocycles. The third-order valence-corrected chi connectivity index (χ3v) is 3.85. The predicted molar refractivity (Wildman–Crippen MR) is 74.9 cm³/mol. The SMILES string of the molecule is COc1cc(C)c(-c2cc(N)sc2C)cc1C. The van der Waals surface area contributed by atoms with Gasteiger partial charge in [0.25, 0.3) is 0 Å². The molecule has 0 radical (unpaired) electrons. The van der Waals surface area contributed by atoms with Crippen LogP contribution in [0.2, 0.25) is 0 Å². The minimum absolute atomic E-state index is 0.866. The van der Waals surface area contributed by atoms with Gasteiger partial charge in [0.2, 0.25) is 0 Å². The van der Waals surface area contributed by atoms with Crippen molar-refractivity contribution in [1.82, 2.24) is 0 Å². The lowest BCUT2D eigenvalue weighted by Crippen LogP contribution is -1.91. The smallest absolute Gasteiger partial charge is 0.122 e. The number of ether oxygens (including phenoxy) is 1.